The predicted molar refractivity (Wildman–Crippen MR) is 72.0 cm³/mol. The fourth-order valence-electron chi connectivity index (χ4n) is 2.49. The number of ether oxygens (including phenoxy) is 1. The van der Waals surface area contributed by atoms with Crippen LogP contribution in [0.4, 0.5) is 5.82 Å². The quantitative estimate of drug-likeness (QED) is 0.816. The van der Waals surface area contributed by atoms with Gasteiger partial charge in [-0.15, -0.1) is 0 Å². The molecule has 2 rings (SSSR count). The van der Waals surface area contributed by atoms with Gasteiger partial charge in [0.1, 0.15) is 5.82 Å². The van der Waals surface area contributed by atoms with Gasteiger partial charge in [0.15, 0.2) is 5.69 Å². The van der Waals surface area contributed by atoms with Gasteiger partial charge in [0.2, 0.25) is 0 Å². The fraction of sp³-hybridized carbons (Fsp3) is 0.615. The molecule has 1 fully saturated rings. The molecule has 0 aromatic carbocycles. The van der Waals surface area contributed by atoms with Gasteiger partial charge >= 0.3 is 5.97 Å². The molecule has 1 unspecified atom stereocenters. The van der Waals surface area contributed by atoms with E-state index in [4.69, 9.17) is 5.73 Å². The van der Waals surface area contributed by atoms with Crippen molar-refractivity contribution in [2.45, 2.75) is 31.7 Å². The second-order valence-electron chi connectivity index (χ2n) is 4.67. The second-order valence-corrected chi connectivity index (χ2v) is 4.67. The number of hydrogen-bond acceptors (Lipinski definition) is 6. The highest BCUT2D eigenvalue weighted by molar-refractivity contribution is 5.87. The van der Waals surface area contributed by atoms with Crippen molar-refractivity contribution in [1.29, 1.82) is 0 Å². The average Bonchev–Trinajstić information content (AvgIpc) is 2.47. The van der Waals surface area contributed by atoms with Crippen LogP contribution in [0.5, 0.6) is 0 Å². The van der Waals surface area contributed by atoms with E-state index in [1.54, 1.807) is 6.20 Å². The Labute approximate surface area is 113 Å². The molecule has 104 valence electrons. The molecule has 2 heterocycles. The molecule has 0 amide bonds. The maximum Gasteiger partial charge on any atom is 0.358 e. The number of nitrogens with zero attached hydrogens (tertiary/aromatic N) is 3. The molecule has 6 nitrogen and oxygen atoms in total. The van der Waals surface area contributed by atoms with E-state index in [-0.39, 0.29) is 5.69 Å². The van der Waals surface area contributed by atoms with Crippen molar-refractivity contribution in [3.05, 3.63) is 18.1 Å². The van der Waals surface area contributed by atoms with Crippen LogP contribution >= 0.6 is 0 Å². The molecule has 1 aromatic rings. The van der Waals surface area contributed by atoms with Crippen LogP contribution in [0.25, 0.3) is 0 Å². The lowest BCUT2D eigenvalue weighted by atomic mass is 9.99. The predicted octanol–water partition coefficient (Wildman–Crippen LogP) is 0.971. The van der Waals surface area contributed by atoms with E-state index in [0.717, 1.165) is 31.6 Å². The normalized spacial score (nSPS) is 19.3. The number of nitrogens with two attached hydrogens (primary N) is 1. The van der Waals surface area contributed by atoms with Crippen molar-refractivity contribution in [2.75, 3.05) is 25.1 Å². The topological polar surface area (TPSA) is 81.3 Å². The minimum absolute atomic E-state index is 0.247. The zero-order chi connectivity index (χ0) is 13.7. The van der Waals surface area contributed by atoms with E-state index >= 15 is 0 Å². The maximum absolute atomic E-state index is 11.5. The molecule has 1 aliphatic heterocycles. The number of rotatable bonds is 4. The van der Waals surface area contributed by atoms with E-state index in [1.165, 1.54) is 19.7 Å². The highest BCUT2D eigenvalue weighted by Gasteiger charge is 2.24. The zero-order valence-corrected chi connectivity index (χ0v) is 11.2. The van der Waals surface area contributed by atoms with Gasteiger partial charge in [0, 0.05) is 12.6 Å². The van der Waals surface area contributed by atoms with Crippen molar-refractivity contribution in [1.82, 2.24) is 9.97 Å². The summed E-state index contributed by atoms with van der Waals surface area (Å²) < 4.78 is 4.67. The molecule has 0 bridgehead atoms. The first-order valence-corrected chi connectivity index (χ1v) is 6.63. The highest BCUT2D eigenvalue weighted by Crippen LogP contribution is 2.24. The number of esters is 1. The summed E-state index contributed by atoms with van der Waals surface area (Å²) in [5.41, 5.74) is 5.91. The summed E-state index contributed by atoms with van der Waals surface area (Å²) in [7, 11) is 1.34. The van der Waals surface area contributed by atoms with Crippen LogP contribution in [-0.2, 0) is 4.74 Å². The van der Waals surface area contributed by atoms with Crippen molar-refractivity contribution < 1.29 is 9.53 Å². The van der Waals surface area contributed by atoms with Crippen LogP contribution in [0.3, 0.4) is 0 Å². The Morgan fingerprint density at radius 1 is 1.53 bits per heavy atom. The summed E-state index contributed by atoms with van der Waals surface area (Å²) in [5, 5.41) is 0. The van der Waals surface area contributed by atoms with Crippen molar-refractivity contribution in [2.24, 2.45) is 5.73 Å². The van der Waals surface area contributed by atoms with E-state index in [1.807, 2.05) is 0 Å². The van der Waals surface area contributed by atoms with Crippen LogP contribution in [0, 0.1) is 0 Å². The number of carbonyl (C=O) groups excluding carboxylic acids is 1. The standard InChI is InChI=1S/C13H20N4O2/c1-19-13(18)11-8-15-9-12(16-11)17-7-3-2-4-10(17)5-6-14/h8-10H,2-7,14H2,1H3. The molecule has 1 atom stereocenters. The largest absolute Gasteiger partial charge is 0.464 e. The van der Waals surface area contributed by atoms with E-state index in [0.29, 0.717) is 12.6 Å². The first-order valence-electron chi connectivity index (χ1n) is 6.63. The van der Waals surface area contributed by atoms with Gasteiger partial charge < -0.3 is 15.4 Å². The van der Waals surface area contributed by atoms with Gasteiger partial charge in [-0.25, -0.2) is 9.78 Å². The monoisotopic (exact) mass is 264 g/mol. The Bertz CT molecular complexity index is 436. The van der Waals surface area contributed by atoms with Gasteiger partial charge in [-0.05, 0) is 32.2 Å². The van der Waals surface area contributed by atoms with Crippen LogP contribution in [-0.4, -0.2) is 42.2 Å². The Balaban J connectivity index is 2.21. The zero-order valence-electron chi connectivity index (χ0n) is 11.2. The number of hydrogen-bond donors (Lipinski definition) is 1. The van der Waals surface area contributed by atoms with Gasteiger partial charge in [0.25, 0.3) is 0 Å². The lowest BCUT2D eigenvalue weighted by Gasteiger charge is -2.36. The number of piperidine rings is 1. The molecule has 0 saturated carbocycles. The highest BCUT2D eigenvalue weighted by atomic mass is 16.5. The molecule has 1 aromatic heterocycles. The minimum Gasteiger partial charge on any atom is -0.464 e. The Hall–Kier alpha value is -1.69. The summed E-state index contributed by atoms with van der Waals surface area (Å²) in [6, 6.07) is 0.390. The Morgan fingerprint density at radius 2 is 2.37 bits per heavy atom. The van der Waals surface area contributed by atoms with Crippen LogP contribution < -0.4 is 10.6 Å². The Kier molecular flexibility index (Phi) is 4.68. The van der Waals surface area contributed by atoms with E-state index in [9.17, 15) is 4.79 Å². The molecular formula is C13H20N4O2. The van der Waals surface area contributed by atoms with Crippen LogP contribution in [0.1, 0.15) is 36.2 Å². The summed E-state index contributed by atoms with van der Waals surface area (Å²) in [6.07, 6.45) is 7.51. The summed E-state index contributed by atoms with van der Waals surface area (Å²) >= 11 is 0. The third kappa shape index (κ3) is 3.20. The lowest BCUT2D eigenvalue weighted by Crippen LogP contribution is -2.41. The number of anilines is 1. The second kappa shape index (κ2) is 6.47. The molecular weight excluding hydrogens is 244 g/mol. The molecule has 0 spiro atoms. The van der Waals surface area contributed by atoms with Crippen LogP contribution in [0.15, 0.2) is 12.4 Å². The van der Waals surface area contributed by atoms with Gasteiger partial charge in [-0.2, -0.15) is 0 Å². The number of methoxy groups -OCH3 is 1. The SMILES string of the molecule is COC(=O)c1cncc(N2CCCCC2CCN)n1. The lowest BCUT2D eigenvalue weighted by molar-refractivity contribution is 0.0593. The first-order chi connectivity index (χ1) is 9.26. The van der Waals surface area contributed by atoms with Crippen molar-refractivity contribution in [3.63, 3.8) is 0 Å². The molecule has 6 heteroatoms. The van der Waals surface area contributed by atoms with Crippen molar-refractivity contribution >= 4 is 11.8 Å². The molecule has 1 saturated heterocycles. The van der Waals surface area contributed by atoms with E-state index < -0.39 is 5.97 Å². The van der Waals surface area contributed by atoms with Crippen molar-refractivity contribution in [3.8, 4) is 0 Å². The number of carbonyl (C=O) groups is 1. The average molecular weight is 264 g/mol. The molecule has 1 aliphatic rings. The molecule has 2 N–H and O–H groups in total. The van der Waals surface area contributed by atoms with Gasteiger partial charge in [-0.1, -0.05) is 0 Å². The third-order valence-electron chi connectivity index (χ3n) is 3.44. The van der Waals surface area contributed by atoms with Gasteiger partial charge in [-0.3, -0.25) is 4.98 Å². The maximum atomic E-state index is 11.5. The fourth-order valence-corrected chi connectivity index (χ4v) is 2.49. The smallest absolute Gasteiger partial charge is 0.358 e. The molecule has 0 radical (unpaired) electrons. The van der Waals surface area contributed by atoms with Crippen LogP contribution in [0.2, 0.25) is 0 Å². The number of aromatic nitrogens is 2. The first kappa shape index (κ1) is 13.7. The summed E-state index contributed by atoms with van der Waals surface area (Å²) in [5.74, 6) is 0.280. The molecule has 0 aliphatic carbocycles. The van der Waals surface area contributed by atoms with E-state index in [2.05, 4.69) is 19.6 Å². The molecule has 19 heavy (non-hydrogen) atoms. The summed E-state index contributed by atoms with van der Waals surface area (Å²) in [6.45, 7) is 1.59. The van der Waals surface area contributed by atoms with Gasteiger partial charge in [0.05, 0.1) is 19.5 Å². The third-order valence-corrected chi connectivity index (χ3v) is 3.44. The summed E-state index contributed by atoms with van der Waals surface area (Å²) in [4.78, 5) is 22.1. The Morgan fingerprint density at radius 3 is 3.11 bits per heavy atom. The minimum atomic E-state index is -0.457.